The number of carbonyl (C=O) groups excluding carboxylic acids is 1. The molecular weight excluding hydrogens is 324 g/mol. The van der Waals surface area contributed by atoms with Crippen LogP contribution in [0, 0.1) is 0 Å². The maximum absolute atomic E-state index is 12.3. The molecule has 0 saturated heterocycles. The minimum atomic E-state index is -0.184. The first-order valence-electron chi connectivity index (χ1n) is 7.43. The van der Waals surface area contributed by atoms with E-state index in [2.05, 4.69) is 20.3 Å². The summed E-state index contributed by atoms with van der Waals surface area (Å²) in [5.41, 5.74) is 1.36. The highest BCUT2D eigenvalue weighted by atomic mass is 32.1. The standard InChI is InChI=1S/C16H18N6OS/c1-21(2)9-14-20-13(10-24-14)16(23)19-8-12-4-3-5-18-15(12)22-7-6-17-11-22/h3-7,10-11H,8-9H2,1-2H3,(H,19,23). The third kappa shape index (κ3) is 3.84. The van der Waals surface area contributed by atoms with Crippen LogP contribution in [0.15, 0.2) is 42.4 Å². The number of thiazole rings is 1. The van der Waals surface area contributed by atoms with Crippen molar-refractivity contribution in [2.24, 2.45) is 0 Å². The van der Waals surface area contributed by atoms with Crippen molar-refractivity contribution < 1.29 is 4.79 Å². The van der Waals surface area contributed by atoms with Gasteiger partial charge in [-0.2, -0.15) is 0 Å². The van der Waals surface area contributed by atoms with Crippen LogP contribution in [0.4, 0.5) is 0 Å². The molecule has 3 rings (SSSR count). The van der Waals surface area contributed by atoms with E-state index in [1.807, 2.05) is 41.9 Å². The third-order valence-electron chi connectivity index (χ3n) is 3.29. The van der Waals surface area contributed by atoms with Crippen LogP contribution in [0.25, 0.3) is 5.82 Å². The van der Waals surface area contributed by atoms with Gasteiger partial charge in [0.25, 0.3) is 5.91 Å². The van der Waals surface area contributed by atoms with Gasteiger partial charge in [-0.3, -0.25) is 9.36 Å². The topological polar surface area (TPSA) is 75.9 Å². The van der Waals surface area contributed by atoms with E-state index in [1.54, 1.807) is 24.1 Å². The van der Waals surface area contributed by atoms with Gasteiger partial charge in [0.05, 0.1) is 0 Å². The zero-order chi connectivity index (χ0) is 16.9. The average molecular weight is 342 g/mol. The van der Waals surface area contributed by atoms with Crippen LogP contribution in [-0.2, 0) is 13.1 Å². The van der Waals surface area contributed by atoms with E-state index in [9.17, 15) is 4.79 Å². The zero-order valence-corrected chi connectivity index (χ0v) is 14.3. The monoisotopic (exact) mass is 342 g/mol. The summed E-state index contributed by atoms with van der Waals surface area (Å²) in [6, 6.07) is 3.78. The van der Waals surface area contributed by atoms with Gasteiger partial charge < -0.3 is 10.2 Å². The number of nitrogens with one attached hydrogen (secondary N) is 1. The fraction of sp³-hybridized carbons (Fsp3) is 0.250. The summed E-state index contributed by atoms with van der Waals surface area (Å²) in [5.74, 6) is 0.568. The van der Waals surface area contributed by atoms with Crippen molar-refractivity contribution in [2.75, 3.05) is 14.1 Å². The summed E-state index contributed by atoms with van der Waals surface area (Å²) in [6.45, 7) is 1.10. The first kappa shape index (κ1) is 16.3. The van der Waals surface area contributed by atoms with Crippen molar-refractivity contribution >= 4 is 17.2 Å². The van der Waals surface area contributed by atoms with Crippen LogP contribution in [0.5, 0.6) is 0 Å². The number of aromatic nitrogens is 4. The molecule has 1 amide bonds. The van der Waals surface area contributed by atoms with E-state index in [1.165, 1.54) is 11.3 Å². The van der Waals surface area contributed by atoms with Crippen LogP contribution in [0.1, 0.15) is 21.1 Å². The lowest BCUT2D eigenvalue weighted by atomic mass is 10.2. The van der Waals surface area contributed by atoms with Gasteiger partial charge in [-0.1, -0.05) is 6.07 Å². The molecule has 0 atom stereocenters. The SMILES string of the molecule is CN(C)Cc1nc(C(=O)NCc2cccnc2-n2ccnc2)cs1. The van der Waals surface area contributed by atoms with Gasteiger partial charge in [0, 0.05) is 42.6 Å². The Morgan fingerprint density at radius 2 is 2.25 bits per heavy atom. The number of pyridine rings is 1. The van der Waals surface area contributed by atoms with Crippen LogP contribution in [-0.4, -0.2) is 44.4 Å². The van der Waals surface area contributed by atoms with Gasteiger partial charge in [-0.25, -0.2) is 15.0 Å². The number of rotatable bonds is 6. The summed E-state index contributed by atoms with van der Waals surface area (Å²) in [7, 11) is 3.95. The summed E-state index contributed by atoms with van der Waals surface area (Å²) in [6.07, 6.45) is 6.91. The number of carbonyl (C=O) groups is 1. The third-order valence-corrected chi connectivity index (χ3v) is 4.13. The van der Waals surface area contributed by atoms with Crippen molar-refractivity contribution in [2.45, 2.75) is 13.1 Å². The van der Waals surface area contributed by atoms with Crippen LogP contribution in [0.2, 0.25) is 0 Å². The second-order valence-electron chi connectivity index (χ2n) is 5.50. The summed E-state index contributed by atoms with van der Waals surface area (Å²) in [4.78, 5) is 27.1. The zero-order valence-electron chi connectivity index (χ0n) is 13.5. The van der Waals surface area contributed by atoms with Crippen molar-refractivity contribution in [3.8, 4) is 5.82 Å². The lowest BCUT2D eigenvalue weighted by molar-refractivity contribution is 0.0946. The molecule has 0 aliphatic rings. The summed E-state index contributed by atoms with van der Waals surface area (Å²) >= 11 is 1.49. The number of amides is 1. The van der Waals surface area contributed by atoms with Crippen molar-refractivity contribution in [1.29, 1.82) is 0 Å². The molecule has 7 nitrogen and oxygen atoms in total. The number of nitrogens with zero attached hydrogens (tertiary/aromatic N) is 5. The van der Waals surface area contributed by atoms with Crippen LogP contribution >= 0.6 is 11.3 Å². The molecule has 0 saturated carbocycles. The average Bonchev–Trinajstić information content (AvgIpc) is 3.24. The Kier molecular flexibility index (Phi) is 4.97. The highest BCUT2D eigenvalue weighted by Gasteiger charge is 2.12. The second-order valence-corrected chi connectivity index (χ2v) is 6.45. The van der Waals surface area contributed by atoms with Crippen molar-refractivity contribution in [3.63, 3.8) is 0 Å². The molecule has 0 radical (unpaired) electrons. The van der Waals surface area contributed by atoms with E-state index >= 15 is 0 Å². The minimum absolute atomic E-state index is 0.184. The van der Waals surface area contributed by atoms with Gasteiger partial charge in [-0.05, 0) is 20.2 Å². The molecule has 3 aromatic rings. The highest BCUT2D eigenvalue weighted by molar-refractivity contribution is 7.09. The molecule has 0 aromatic carbocycles. The van der Waals surface area contributed by atoms with Gasteiger partial charge in [0.2, 0.25) is 0 Å². The minimum Gasteiger partial charge on any atom is -0.346 e. The lowest BCUT2D eigenvalue weighted by Gasteiger charge is -2.09. The number of hydrogen-bond acceptors (Lipinski definition) is 6. The fourth-order valence-corrected chi connectivity index (χ4v) is 3.10. The highest BCUT2D eigenvalue weighted by Crippen LogP contribution is 2.13. The predicted octanol–water partition coefficient (Wildman–Crippen LogP) is 1.72. The molecule has 1 N–H and O–H groups in total. The van der Waals surface area contributed by atoms with E-state index in [0.717, 1.165) is 22.9 Å². The first-order valence-corrected chi connectivity index (χ1v) is 8.31. The largest absolute Gasteiger partial charge is 0.346 e. The van der Waals surface area contributed by atoms with Crippen LogP contribution in [0.3, 0.4) is 0 Å². The van der Waals surface area contributed by atoms with Crippen LogP contribution < -0.4 is 5.32 Å². The number of imidazole rings is 1. The molecule has 0 spiro atoms. The fourth-order valence-electron chi connectivity index (χ4n) is 2.21. The quantitative estimate of drug-likeness (QED) is 0.738. The molecule has 3 aromatic heterocycles. The van der Waals surface area contributed by atoms with E-state index < -0.39 is 0 Å². The maximum Gasteiger partial charge on any atom is 0.271 e. The molecule has 0 fully saturated rings. The molecule has 3 heterocycles. The van der Waals surface area contributed by atoms with E-state index in [4.69, 9.17) is 0 Å². The molecule has 124 valence electrons. The molecule has 24 heavy (non-hydrogen) atoms. The Balaban J connectivity index is 1.68. The maximum atomic E-state index is 12.3. The molecule has 0 unspecified atom stereocenters. The number of hydrogen-bond donors (Lipinski definition) is 1. The molecule has 0 aliphatic heterocycles. The van der Waals surface area contributed by atoms with Gasteiger partial charge in [0.15, 0.2) is 0 Å². The van der Waals surface area contributed by atoms with Gasteiger partial charge in [-0.15, -0.1) is 11.3 Å². The van der Waals surface area contributed by atoms with Gasteiger partial charge >= 0.3 is 0 Å². The predicted molar refractivity (Wildman–Crippen MR) is 92.0 cm³/mol. The molecule has 0 bridgehead atoms. The van der Waals surface area contributed by atoms with Crippen molar-refractivity contribution in [3.05, 3.63) is 58.7 Å². The summed E-state index contributed by atoms with van der Waals surface area (Å²) in [5, 5.41) is 5.61. The summed E-state index contributed by atoms with van der Waals surface area (Å²) < 4.78 is 1.82. The first-order chi connectivity index (χ1) is 11.6. The Morgan fingerprint density at radius 1 is 1.38 bits per heavy atom. The normalized spacial score (nSPS) is 11.0. The van der Waals surface area contributed by atoms with E-state index in [0.29, 0.717) is 12.2 Å². The van der Waals surface area contributed by atoms with E-state index in [-0.39, 0.29) is 5.91 Å². The molecule has 8 heteroatoms. The Hall–Kier alpha value is -2.58. The smallest absolute Gasteiger partial charge is 0.271 e. The molecular formula is C16H18N6OS. The lowest BCUT2D eigenvalue weighted by Crippen LogP contribution is -2.24. The van der Waals surface area contributed by atoms with Crippen molar-refractivity contribution in [1.82, 2.24) is 29.7 Å². The Morgan fingerprint density at radius 3 is 3.00 bits per heavy atom. The Bertz CT molecular complexity index is 812. The second kappa shape index (κ2) is 7.33. The van der Waals surface area contributed by atoms with Gasteiger partial charge in [0.1, 0.15) is 22.8 Å². The Labute approximate surface area is 144 Å². The molecule has 0 aliphatic carbocycles.